The molecule has 30 heavy (non-hydrogen) atoms. The van der Waals surface area contributed by atoms with Gasteiger partial charge in [-0.2, -0.15) is 0 Å². The molecule has 1 heterocycles. The van der Waals surface area contributed by atoms with Gasteiger partial charge in [0.2, 0.25) is 5.91 Å². The number of halogens is 1. The molecule has 1 saturated carbocycles. The van der Waals surface area contributed by atoms with Crippen LogP contribution in [0.5, 0.6) is 0 Å². The first-order chi connectivity index (χ1) is 14.1. The largest absolute Gasteiger partial charge is 0.356 e. The summed E-state index contributed by atoms with van der Waals surface area (Å²) in [4.78, 5) is 18.7. The highest BCUT2D eigenvalue weighted by molar-refractivity contribution is 14.0. The van der Waals surface area contributed by atoms with E-state index in [0.717, 1.165) is 50.4 Å². The number of carbonyl (C=O) groups is 1. The Morgan fingerprint density at radius 2 is 1.97 bits per heavy atom. The number of nitrogens with one attached hydrogen (secondary N) is 2. The van der Waals surface area contributed by atoms with Gasteiger partial charge in [0.25, 0.3) is 0 Å². The van der Waals surface area contributed by atoms with Crippen LogP contribution in [-0.2, 0) is 11.2 Å². The Bertz CT molecular complexity index is 666. The molecule has 3 atom stereocenters. The number of likely N-dealkylation sites (tertiary alicyclic amines) is 1. The highest BCUT2D eigenvalue weighted by Crippen LogP contribution is 2.30. The number of nitrogens with zero attached hydrogens (tertiary/aromatic N) is 2. The van der Waals surface area contributed by atoms with Crippen molar-refractivity contribution >= 4 is 35.8 Å². The molecule has 2 N–H and O–H groups in total. The van der Waals surface area contributed by atoms with Crippen molar-refractivity contribution in [1.29, 1.82) is 0 Å². The van der Waals surface area contributed by atoms with Crippen molar-refractivity contribution in [3.63, 3.8) is 0 Å². The van der Waals surface area contributed by atoms with E-state index in [4.69, 9.17) is 0 Å². The molecule has 0 spiro atoms. The van der Waals surface area contributed by atoms with Gasteiger partial charge in [-0.15, -0.1) is 24.0 Å². The van der Waals surface area contributed by atoms with Gasteiger partial charge in [0.1, 0.15) is 0 Å². The highest BCUT2D eigenvalue weighted by Gasteiger charge is 2.29. The molecule has 3 unspecified atom stereocenters. The van der Waals surface area contributed by atoms with Crippen LogP contribution in [0, 0.1) is 17.8 Å². The van der Waals surface area contributed by atoms with Crippen LogP contribution in [0.3, 0.4) is 0 Å². The van der Waals surface area contributed by atoms with Crippen LogP contribution in [0.2, 0.25) is 0 Å². The molecule has 1 aromatic carbocycles. The molecule has 1 aliphatic heterocycles. The summed E-state index contributed by atoms with van der Waals surface area (Å²) < 4.78 is 0. The molecule has 2 fully saturated rings. The molecule has 0 radical (unpaired) electrons. The van der Waals surface area contributed by atoms with Gasteiger partial charge in [-0.1, -0.05) is 56.5 Å². The first-order valence-electron chi connectivity index (χ1n) is 11.4. The van der Waals surface area contributed by atoms with Crippen LogP contribution >= 0.6 is 24.0 Å². The Hall–Kier alpha value is -1.31. The van der Waals surface area contributed by atoms with E-state index in [9.17, 15) is 4.79 Å². The molecule has 1 saturated heterocycles. The van der Waals surface area contributed by atoms with Crippen molar-refractivity contribution in [3.8, 4) is 0 Å². The Morgan fingerprint density at radius 1 is 1.17 bits per heavy atom. The average Bonchev–Trinajstić information content (AvgIpc) is 3.09. The van der Waals surface area contributed by atoms with Crippen LogP contribution in [0.1, 0.15) is 51.0 Å². The zero-order chi connectivity index (χ0) is 20.5. The molecule has 1 aliphatic carbocycles. The van der Waals surface area contributed by atoms with Gasteiger partial charge in [0.15, 0.2) is 5.96 Å². The second kappa shape index (κ2) is 13.2. The van der Waals surface area contributed by atoms with E-state index >= 15 is 0 Å². The molecule has 5 nitrogen and oxygen atoms in total. The van der Waals surface area contributed by atoms with Crippen LogP contribution in [0.4, 0.5) is 0 Å². The fourth-order valence-electron chi connectivity index (χ4n) is 4.79. The van der Waals surface area contributed by atoms with Crippen molar-refractivity contribution < 1.29 is 4.79 Å². The fraction of sp³-hybridized carbons (Fsp3) is 0.667. The molecule has 168 valence electrons. The van der Waals surface area contributed by atoms with Crippen LogP contribution in [0.15, 0.2) is 35.3 Å². The number of hydrogen-bond donors (Lipinski definition) is 2. The normalized spacial score (nSPS) is 24.5. The first kappa shape index (κ1) is 25.0. The van der Waals surface area contributed by atoms with Gasteiger partial charge in [-0.05, 0) is 36.7 Å². The SMILES string of the molecule is CN=C(NCCC1CCCC(C)C1)NCC1CC(=O)N(CCc2ccccc2)C1.I. The molecule has 0 aromatic heterocycles. The monoisotopic (exact) mass is 526 g/mol. The van der Waals surface area contributed by atoms with Crippen molar-refractivity contribution in [2.45, 2.75) is 51.9 Å². The van der Waals surface area contributed by atoms with Gasteiger partial charge in [-0.3, -0.25) is 9.79 Å². The Balaban J connectivity index is 0.00000320. The fourth-order valence-corrected chi connectivity index (χ4v) is 4.79. The number of benzene rings is 1. The van der Waals surface area contributed by atoms with Crippen LogP contribution in [-0.4, -0.2) is 50.0 Å². The summed E-state index contributed by atoms with van der Waals surface area (Å²) >= 11 is 0. The molecular formula is C24H39IN4O. The number of hydrogen-bond acceptors (Lipinski definition) is 2. The third-order valence-electron chi connectivity index (χ3n) is 6.48. The second-order valence-corrected chi connectivity index (χ2v) is 8.95. The summed E-state index contributed by atoms with van der Waals surface area (Å²) in [5, 5.41) is 6.90. The average molecular weight is 527 g/mol. The van der Waals surface area contributed by atoms with Gasteiger partial charge in [0, 0.05) is 45.6 Å². The third kappa shape index (κ3) is 8.08. The lowest BCUT2D eigenvalue weighted by atomic mass is 9.81. The Kier molecular flexibility index (Phi) is 11.0. The number of rotatable bonds is 8. The maximum absolute atomic E-state index is 12.3. The minimum absolute atomic E-state index is 0. The molecule has 6 heteroatoms. The van der Waals surface area contributed by atoms with E-state index in [2.05, 4.69) is 46.8 Å². The quantitative estimate of drug-likeness (QED) is 0.305. The lowest BCUT2D eigenvalue weighted by Crippen LogP contribution is -2.41. The predicted octanol–water partition coefficient (Wildman–Crippen LogP) is 4.08. The second-order valence-electron chi connectivity index (χ2n) is 8.95. The minimum Gasteiger partial charge on any atom is -0.356 e. The molecule has 1 amide bonds. The highest BCUT2D eigenvalue weighted by atomic mass is 127. The lowest BCUT2D eigenvalue weighted by Gasteiger charge is -2.27. The first-order valence-corrected chi connectivity index (χ1v) is 11.4. The smallest absolute Gasteiger partial charge is 0.223 e. The van der Waals surface area contributed by atoms with E-state index in [1.807, 2.05) is 18.0 Å². The summed E-state index contributed by atoms with van der Waals surface area (Å²) in [6, 6.07) is 10.4. The summed E-state index contributed by atoms with van der Waals surface area (Å²) in [5.41, 5.74) is 1.29. The van der Waals surface area contributed by atoms with E-state index in [1.165, 1.54) is 37.7 Å². The van der Waals surface area contributed by atoms with E-state index in [0.29, 0.717) is 12.3 Å². The molecular weight excluding hydrogens is 487 g/mol. The van der Waals surface area contributed by atoms with Crippen molar-refractivity contribution in [2.24, 2.45) is 22.7 Å². The predicted molar refractivity (Wildman–Crippen MR) is 135 cm³/mol. The Morgan fingerprint density at radius 3 is 2.70 bits per heavy atom. The molecule has 0 bridgehead atoms. The van der Waals surface area contributed by atoms with Gasteiger partial charge in [-0.25, -0.2) is 0 Å². The number of carbonyl (C=O) groups excluding carboxylic acids is 1. The lowest BCUT2D eigenvalue weighted by molar-refractivity contribution is -0.127. The van der Waals surface area contributed by atoms with Crippen molar-refractivity contribution in [1.82, 2.24) is 15.5 Å². The van der Waals surface area contributed by atoms with Crippen LogP contribution in [0.25, 0.3) is 0 Å². The third-order valence-corrected chi connectivity index (χ3v) is 6.48. The molecule has 2 aliphatic rings. The topological polar surface area (TPSA) is 56.7 Å². The van der Waals surface area contributed by atoms with E-state index in [1.54, 1.807) is 0 Å². The number of guanidine groups is 1. The van der Waals surface area contributed by atoms with E-state index in [-0.39, 0.29) is 29.9 Å². The van der Waals surface area contributed by atoms with Crippen molar-refractivity contribution in [2.75, 3.05) is 33.2 Å². The maximum Gasteiger partial charge on any atom is 0.223 e. The summed E-state index contributed by atoms with van der Waals surface area (Å²) in [6.07, 6.45) is 8.32. The zero-order valence-electron chi connectivity index (χ0n) is 18.6. The summed E-state index contributed by atoms with van der Waals surface area (Å²) in [6.45, 7) is 5.81. The van der Waals surface area contributed by atoms with Gasteiger partial charge >= 0.3 is 0 Å². The summed E-state index contributed by atoms with van der Waals surface area (Å²) in [7, 11) is 1.82. The van der Waals surface area contributed by atoms with Crippen molar-refractivity contribution in [3.05, 3.63) is 35.9 Å². The van der Waals surface area contributed by atoms with Gasteiger partial charge < -0.3 is 15.5 Å². The number of amides is 1. The summed E-state index contributed by atoms with van der Waals surface area (Å²) in [5.74, 6) is 3.24. The molecule has 1 aromatic rings. The Labute approximate surface area is 199 Å². The minimum atomic E-state index is 0. The number of aliphatic imine (C=N–C) groups is 1. The van der Waals surface area contributed by atoms with Gasteiger partial charge in [0.05, 0.1) is 0 Å². The van der Waals surface area contributed by atoms with Crippen LogP contribution < -0.4 is 10.6 Å². The zero-order valence-corrected chi connectivity index (χ0v) is 20.9. The maximum atomic E-state index is 12.3. The van der Waals surface area contributed by atoms with E-state index < -0.39 is 0 Å². The molecule has 3 rings (SSSR count). The standard InChI is InChI=1S/C24H38N4O.HI/c1-19-7-6-10-21(15-19)11-13-26-24(25-2)27-17-22-16-23(29)28(18-22)14-12-20-8-4-3-5-9-20;/h3-5,8-9,19,21-22H,6-7,10-18H2,1-2H3,(H2,25,26,27);1H.